The van der Waals surface area contributed by atoms with E-state index >= 15 is 0 Å². The Morgan fingerprint density at radius 3 is 2.41 bits per heavy atom. The number of hydrogen-bond acceptors (Lipinski definition) is 10. The molecule has 3 aromatic rings. The first kappa shape index (κ1) is 24.4. The maximum atomic E-state index is 13.0. The van der Waals surface area contributed by atoms with Crippen molar-refractivity contribution in [3.05, 3.63) is 40.6 Å². The number of hydrogen-bond donors (Lipinski definition) is 3. The van der Waals surface area contributed by atoms with E-state index in [-0.39, 0.29) is 58.3 Å². The molecule has 0 saturated carbocycles. The van der Waals surface area contributed by atoms with Crippen molar-refractivity contribution >= 4 is 22.8 Å². The van der Waals surface area contributed by atoms with Crippen LogP contribution in [0.25, 0.3) is 22.3 Å². The van der Waals surface area contributed by atoms with Gasteiger partial charge in [-0.15, -0.1) is 0 Å². The molecule has 1 amide bonds. The highest BCUT2D eigenvalue weighted by Crippen LogP contribution is 2.39. The van der Waals surface area contributed by atoms with Crippen LogP contribution in [0.1, 0.15) is 12.8 Å². The number of methoxy groups -OCH3 is 3. The molecule has 0 aliphatic rings. The molecule has 3 rings (SSSR count). The second-order valence-corrected chi connectivity index (χ2v) is 7.21. The Morgan fingerprint density at radius 2 is 1.79 bits per heavy atom. The summed E-state index contributed by atoms with van der Waals surface area (Å²) in [5, 5.41) is 10.2. The van der Waals surface area contributed by atoms with E-state index < -0.39 is 23.3 Å². The lowest BCUT2D eigenvalue weighted by Gasteiger charge is -2.15. The van der Waals surface area contributed by atoms with Crippen molar-refractivity contribution < 1.29 is 38.1 Å². The van der Waals surface area contributed by atoms with Crippen LogP contribution in [-0.4, -0.2) is 44.4 Å². The van der Waals surface area contributed by atoms with Crippen molar-refractivity contribution in [2.24, 2.45) is 11.5 Å². The summed E-state index contributed by atoms with van der Waals surface area (Å²) in [4.78, 5) is 36.2. The van der Waals surface area contributed by atoms with Crippen LogP contribution in [0.3, 0.4) is 0 Å². The molecule has 0 aliphatic heterocycles. The van der Waals surface area contributed by atoms with E-state index in [2.05, 4.69) is 0 Å². The van der Waals surface area contributed by atoms with Crippen LogP contribution in [0.15, 0.2) is 39.5 Å². The molecule has 1 aromatic heterocycles. The van der Waals surface area contributed by atoms with Crippen LogP contribution in [0.2, 0.25) is 0 Å². The molecule has 2 aromatic carbocycles. The van der Waals surface area contributed by atoms with Crippen LogP contribution in [0.4, 0.5) is 0 Å². The summed E-state index contributed by atoms with van der Waals surface area (Å²) in [5.74, 6) is -1.27. The van der Waals surface area contributed by atoms with Gasteiger partial charge in [-0.2, -0.15) is 0 Å². The summed E-state index contributed by atoms with van der Waals surface area (Å²) >= 11 is 0. The highest BCUT2D eigenvalue weighted by atomic mass is 16.6. The van der Waals surface area contributed by atoms with Crippen molar-refractivity contribution in [1.29, 1.82) is 0 Å². The maximum Gasteiger partial charge on any atom is 0.328 e. The van der Waals surface area contributed by atoms with E-state index in [9.17, 15) is 19.5 Å². The number of aromatic hydroxyl groups is 1. The molecule has 0 unspecified atom stereocenters. The lowest BCUT2D eigenvalue weighted by Crippen LogP contribution is -2.35. The average molecular weight is 472 g/mol. The van der Waals surface area contributed by atoms with Gasteiger partial charge in [-0.1, -0.05) is 0 Å². The third-order valence-electron chi connectivity index (χ3n) is 4.99. The topological polar surface area (TPSA) is 174 Å². The number of nitrogens with two attached hydrogens (primary N) is 2. The van der Waals surface area contributed by atoms with E-state index in [1.807, 2.05) is 0 Å². The molecule has 0 fully saturated rings. The molecule has 5 N–H and O–H groups in total. The van der Waals surface area contributed by atoms with Crippen LogP contribution in [-0.2, 0) is 9.59 Å². The van der Waals surface area contributed by atoms with Gasteiger partial charge in [0, 0.05) is 24.1 Å². The molecule has 1 heterocycles. The lowest BCUT2D eigenvalue weighted by atomic mass is 10.1. The fourth-order valence-electron chi connectivity index (χ4n) is 3.24. The summed E-state index contributed by atoms with van der Waals surface area (Å²) in [7, 11) is 4.07. The SMILES string of the molecule is COc1cc(O)c2c(=O)c(OC)c(-c3ccc(OC(=O)[C@@H](N)CCC(N)=O)c(OC)c3)oc2c1. The summed E-state index contributed by atoms with van der Waals surface area (Å²) in [6, 6.07) is 6.12. The standard InChI is InChI=1S/C23H24N2O9/c1-30-12-9-14(26)19-17(10-12)33-21(22(32-3)20(19)28)11-4-6-15(16(8-11)31-2)34-23(29)13(24)5-7-18(25)27/h4,6,8-10,13,26H,5,7,24H2,1-3H3,(H2,25,27)/t13-/m0/s1. The predicted molar refractivity (Wildman–Crippen MR) is 121 cm³/mol. The zero-order valence-corrected chi connectivity index (χ0v) is 18.7. The molecule has 11 heteroatoms. The number of amides is 1. The number of rotatable bonds is 9. The molecule has 180 valence electrons. The van der Waals surface area contributed by atoms with E-state index in [1.54, 1.807) is 0 Å². The Kier molecular flexibility index (Phi) is 7.27. The molecule has 0 radical (unpaired) electrons. The minimum absolute atomic E-state index is 0.0321. The number of esters is 1. The predicted octanol–water partition coefficient (Wildman–Crippen LogP) is 1.69. The molecular weight excluding hydrogens is 448 g/mol. The van der Waals surface area contributed by atoms with Gasteiger partial charge in [0.2, 0.25) is 17.1 Å². The molecule has 0 saturated heterocycles. The Morgan fingerprint density at radius 1 is 1.06 bits per heavy atom. The number of ether oxygens (including phenoxy) is 4. The Bertz CT molecular complexity index is 1300. The number of benzene rings is 2. The quantitative estimate of drug-likeness (QED) is 0.307. The molecule has 0 spiro atoms. The van der Waals surface area contributed by atoms with Gasteiger partial charge < -0.3 is 39.9 Å². The second kappa shape index (κ2) is 10.1. The van der Waals surface area contributed by atoms with Crippen molar-refractivity contribution in [1.82, 2.24) is 0 Å². The van der Waals surface area contributed by atoms with Crippen LogP contribution in [0, 0.1) is 0 Å². The fraction of sp³-hybridized carbons (Fsp3) is 0.261. The first-order chi connectivity index (χ1) is 16.2. The van der Waals surface area contributed by atoms with Gasteiger partial charge in [0.15, 0.2) is 17.3 Å². The van der Waals surface area contributed by atoms with Gasteiger partial charge >= 0.3 is 5.97 Å². The van der Waals surface area contributed by atoms with Crippen molar-refractivity contribution in [3.8, 4) is 40.1 Å². The number of carbonyl (C=O) groups is 2. The summed E-state index contributed by atoms with van der Waals surface area (Å²) in [5.41, 5.74) is 10.7. The zero-order valence-electron chi connectivity index (χ0n) is 18.7. The van der Waals surface area contributed by atoms with E-state index in [4.69, 9.17) is 34.8 Å². The molecule has 0 bridgehead atoms. The molecule has 0 aliphatic carbocycles. The first-order valence-electron chi connectivity index (χ1n) is 10.1. The lowest BCUT2D eigenvalue weighted by molar-refractivity contribution is -0.136. The number of primary amides is 1. The number of fused-ring (bicyclic) bond motifs is 1. The Hall–Kier alpha value is -4.25. The van der Waals surface area contributed by atoms with Crippen LogP contribution >= 0.6 is 0 Å². The molecule has 1 atom stereocenters. The smallest absolute Gasteiger partial charge is 0.328 e. The van der Waals surface area contributed by atoms with Crippen molar-refractivity contribution in [2.45, 2.75) is 18.9 Å². The number of phenols is 1. The van der Waals surface area contributed by atoms with Crippen molar-refractivity contribution in [3.63, 3.8) is 0 Å². The molecule has 11 nitrogen and oxygen atoms in total. The highest BCUT2D eigenvalue weighted by Gasteiger charge is 2.23. The van der Waals surface area contributed by atoms with E-state index in [1.165, 1.54) is 51.7 Å². The minimum Gasteiger partial charge on any atom is -0.507 e. The Labute approximate surface area is 193 Å². The van der Waals surface area contributed by atoms with Gasteiger partial charge in [0.25, 0.3) is 0 Å². The van der Waals surface area contributed by atoms with E-state index in [0.717, 1.165) is 0 Å². The summed E-state index contributed by atoms with van der Waals surface area (Å²) < 4.78 is 26.9. The zero-order chi connectivity index (χ0) is 25.0. The average Bonchev–Trinajstić information content (AvgIpc) is 2.81. The first-order valence-corrected chi connectivity index (χ1v) is 10.1. The summed E-state index contributed by atoms with van der Waals surface area (Å²) in [6.07, 6.45) is -0.0300. The minimum atomic E-state index is -1.06. The fourth-order valence-corrected chi connectivity index (χ4v) is 3.24. The monoisotopic (exact) mass is 472 g/mol. The summed E-state index contributed by atoms with van der Waals surface area (Å²) in [6.45, 7) is 0. The van der Waals surface area contributed by atoms with Gasteiger partial charge in [0.05, 0.1) is 21.3 Å². The third-order valence-corrected chi connectivity index (χ3v) is 4.99. The number of phenolic OH excluding ortho intramolecular Hbond substituents is 1. The van der Waals surface area contributed by atoms with Gasteiger partial charge in [0.1, 0.15) is 28.5 Å². The van der Waals surface area contributed by atoms with Gasteiger partial charge in [-0.25, -0.2) is 4.79 Å². The molecule has 34 heavy (non-hydrogen) atoms. The highest BCUT2D eigenvalue weighted by molar-refractivity contribution is 5.88. The third kappa shape index (κ3) is 4.89. The van der Waals surface area contributed by atoms with Crippen LogP contribution in [0.5, 0.6) is 28.7 Å². The van der Waals surface area contributed by atoms with Gasteiger partial charge in [-0.05, 0) is 24.6 Å². The maximum absolute atomic E-state index is 13.0. The Balaban J connectivity index is 2.03. The molecular formula is C23H24N2O9. The van der Waals surface area contributed by atoms with Crippen LogP contribution < -0.4 is 35.8 Å². The second-order valence-electron chi connectivity index (χ2n) is 7.21. The largest absolute Gasteiger partial charge is 0.507 e. The normalized spacial score (nSPS) is 11.6. The van der Waals surface area contributed by atoms with Crippen molar-refractivity contribution in [2.75, 3.05) is 21.3 Å². The van der Waals surface area contributed by atoms with E-state index in [0.29, 0.717) is 5.56 Å². The van der Waals surface area contributed by atoms with Gasteiger partial charge in [-0.3, -0.25) is 9.59 Å². The number of carbonyl (C=O) groups excluding carboxylic acids is 2.